The molecule has 0 saturated carbocycles. The van der Waals surface area contributed by atoms with Gasteiger partial charge < -0.3 is 45.3 Å². The summed E-state index contributed by atoms with van der Waals surface area (Å²) in [6.07, 6.45) is 0. The molecule has 0 saturated heterocycles. The number of hydrogen-bond acceptors (Lipinski definition) is 0. The third kappa shape index (κ3) is 126. The van der Waals surface area contributed by atoms with E-state index in [-0.39, 0.29) is 94.6 Å². The minimum atomic E-state index is 0. The summed E-state index contributed by atoms with van der Waals surface area (Å²) in [7, 11) is 0. The SMILES string of the molecule is O.O.O.O.O.O.[Cl-].[Eu+3]. The molecule has 0 aromatic heterocycles. The Morgan fingerprint density at radius 3 is 0.375 bits per heavy atom. The van der Waals surface area contributed by atoms with Gasteiger partial charge in [-0.15, -0.1) is 0 Å². The van der Waals surface area contributed by atoms with E-state index in [1.54, 1.807) is 0 Å². The molecule has 12 N–H and O–H groups in total. The standard InChI is InChI=1S/ClH.Eu.6H2O/h1H;;6*1H2/q;+3;;;;;;/p-1. The van der Waals surface area contributed by atoms with Crippen molar-refractivity contribution in [1.82, 2.24) is 0 Å². The van der Waals surface area contributed by atoms with E-state index in [0.29, 0.717) is 0 Å². The van der Waals surface area contributed by atoms with Crippen molar-refractivity contribution in [1.29, 1.82) is 0 Å². The van der Waals surface area contributed by atoms with Crippen molar-refractivity contribution >= 4 is 0 Å². The fourth-order valence-electron chi connectivity index (χ4n) is 0. The molecule has 6 nitrogen and oxygen atoms in total. The summed E-state index contributed by atoms with van der Waals surface area (Å²) in [5.41, 5.74) is 0. The maximum absolute atomic E-state index is 0. The summed E-state index contributed by atoms with van der Waals surface area (Å²) in [5.74, 6) is 0. The molecule has 0 fully saturated rings. The van der Waals surface area contributed by atoms with Gasteiger partial charge in [0.1, 0.15) is 0 Å². The van der Waals surface area contributed by atoms with Crippen LogP contribution >= 0.6 is 0 Å². The Bertz CT molecular complexity index is 8.49. The molecule has 0 radical (unpaired) electrons. The van der Waals surface area contributed by atoms with Crippen LogP contribution in [0.25, 0.3) is 0 Å². The van der Waals surface area contributed by atoms with Crippen LogP contribution in [0.2, 0.25) is 0 Å². The van der Waals surface area contributed by atoms with Crippen molar-refractivity contribution in [3.63, 3.8) is 0 Å². The van der Waals surface area contributed by atoms with E-state index in [2.05, 4.69) is 0 Å². The van der Waals surface area contributed by atoms with Gasteiger partial charge in [0.25, 0.3) is 0 Å². The Labute approximate surface area is 93.4 Å². The summed E-state index contributed by atoms with van der Waals surface area (Å²) >= 11 is 0. The van der Waals surface area contributed by atoms with Crippen LogP contribution in [0.3, 0.4) is 0 Å². The molecule has 0 unspecified atom stereocenters. The van der Waals surface area contributed by atoms with E-state index in [9.17, 15) is 0 Å². The second-order valence-electron chi connectivity index (χ2n) is 0. The Morgan fingerprint density at radius 2 is 0.375 bits per heavy atom. The monoisotopic (exact) mass is 296 g/mol. The van der Waals surface area contributed by atoms with Crippen LogP contribution in [0.4, 0.5) is 0 Å². The van der Waals surface area contributed by atoms with Crippen molar-refractivity contribution < 1.29 is 94.6 Å². The average Bonchev–Trinajstić information content (AvgIpc) is 0. The number of rotatable bonds is 0. The molecule has 60 valence electrons. The van der Waals surface area contributed by atoms with Gasteiger partial charge in [-0.3, -0.25) is 0 Å². The molecular formula is H12ClEuO6+2. The molecule has 0 aliphatic heterocycles. The van der Waals surface area contributed by atoms with Gasteiger partial charge in [-0.2, -0.15) is 0 Å². The molecule has 0 aromatic carbocycles. The molecule has 0 bridgehead atoms. The van der Waals surface area contributed by atoms with Crippen molar-refractivity contribution in [3.8, 4) is 0 Å². The summed E-state index contributed by atoms with van der Waals surface area (Å²) in [6.45, 7) is 0. The minimum absolute atomic E-state index is 0. The summed E-state index contributed by atoms with van der Waals surface area (Å²) in [6, 6.07) is 0. The predicted molar refractivity (Wildman–Crippen MR) is 21.7 cm³/mol. The first-order valence-corrected chi connectivity index (χ1v) is 0. The van der Waals surface area contributed by atoms with Gasteiger partial charge in [0, 0.05) is 0 Å². The molecule has 0 atom stereocenters. The van der Waals surface area contributed by atoms with Gasteiger partial charge in [-0.1, -0.05) is 0 Å². The maximum Gasteiger partial charge on any atom is 3.00 e. The van der Waals surface area contributed by atoms with Crippen LogP contribution in [-0.4, -0.2) is 32.9 Å². The van der Waals surface area contributed by atoms with Gasteiger partial charge in [0.15, 0.2) is 0 Å². The molecule has 0 amide bonds. The zero-order valence-electron chi connectivity index (χ0n) is 3.76. The molecule has 0 heterocycles. The van der Waals surface area contributed by atoms with Gasteiger partial charge in [0.2, 0.25) is 0 Å². The molecule has 0 rings (SSSR count). The van der Waals surface area contributed by atoms with Crippen LogP contribution in [0.5, 0.6) is 0 Å². The molecule has 8 heteroatoms. The average molecular weight is 296 g/mol. The van der Waals surface area contributed by atoms with Gasteiger partial charge >= 0.3 is 49.4 Å². The molecular weight excluding hydrogens is 283 g/mol. The molecule has 0 aromatic rings. The maximum atomic E-state index is 0. The van der Waals surface area contributed by atoms with Crippen LogP contribution < -0.4 is 12.4 Å². The smallest absolute Gasteiger partial charge is 1.00 e. The fourth-order valence-corrected chi connectivity index (χ4v) is 0. The molecule has 0 aliphatic carbocycles. The second kappa shape index (κ2) is 188. The normalized spacial score (nSPS) is 0. The first-order valence-electron chi connectivity index (χ1n) is 0. The van der Waals surface area contributed by atoms with Gasteiger partial charge in [-0.05, 0) is 0 Å². The summed E-state index contributed by atoms with van der Waals surface area (Å²) in [4.78, 5) is 0. The topological polar surface area (TPSA) is 189 Å². The van der Waals surface area contributed by atoms with Crippen LogP contribution in [-0.2, 0) is 0 Å². The van der Waals surface area contributed by atoms with Gasteiger partial charge in [0.05, 0.1) is 0 Å². The zero-order valence-corrected chi connectivity index (χ0v) is 6.94. The van der Waals surface area contributed by atoms with E-state index in [1.165, 1.54) is 0 Å². The fraction of sp³-hybridized carbons (Fsp3) is 0. The largest absolute Gasteiger partial charge is 3.00 e. The molecule has 0 aliphatic rings. The van der Waals surface area contributed by atoms with E-state index in [4.69, 9.17) is 0 Å². The number of hydrogen-bond donors (Lipinski definition) is 0. The second-order valence-corrected chi connectivity index (χ2v) is 0. The third-order valence-electron chi connectivity index (χ3n) is 0. The van der Waals surface area contributed by atoms with Gasteiger partial charge in [-0.25, -0.2) is 0 Å². The van der Waals surface area contributed by atoms with E-state index in [0.717, 1.165) is 0 Å². The summed E-state index contributed by atoms with van der Waals surface area (Å²) < 4.78 is 0. The van der Waals surface area contributed by atoms with Crippen molar-refractivity contribution in [2.24, 2.45) is 0 Å². The molecule has 8 heavy (non-hydrogen) atoms. The Kier molecular flexibility index (Phi) is 6330. The van der Waals surface area contributed by atoms with Crippen molar-refractivity contribution in [3.05, 3.63) is 0 Å². The van der Waals surface area contributed by atoms with Crippen LogP contribution in [0.1, 0.15) is 0 Å². The van der Waals surface area contributed by atoms with E-state index in [1.807, 2.05) is 0 Å². The Balaban J connectivity index is 0. The summed E-state index contributed by atoms with van der Waals surface area (Å²) in [5, 5.41) is 0. The van der Waals surface area contributed by atoms with E-state index >= 15 is 0 Å². The zero-order chi connectivity index (χ0) is 0. The van der Waals surface area contributed by atoms with Crippen LogP contribution in [0.15, 0.2) is 0 Å². The molecule has 0 spiro atoms. The number of halogens is 1. The Morgan fingerprint density at radius 1 is 0.375 bits per heavy atom. The quantitative estimate of drug-likeness (QED) is 0.410. The third-order valence-corrected chi connectivity index (χ3v) is 0. The first-order chi connectivity index (χ1) is 0. The van der Waals surface area contributed by atoms with Crippen molar-refractivity contribution in [2.45, 2.75) is 0 Å². The first kappa shape index (κ1) is 269. The van der Waals surface area contributed by atoms with E-state index < -0.39 is 0 Å². The minimum Gasteiger partial charge on any atom is -1.00 e. The van der Waals surface area contributed by atoms with Crippen LogP contribution in [0, 0.1) is 49.4 Å². The predicted octanol–water partition coefficient (Wildman–Crippen LogP) is -7.94. The van der Waals surface area contributed by atoms with Crippen molar-refractivity contribution in [2.75, 3.05) is 0 Å². The Hall–Kier alpha value is 1.63.